The largest absolute Gasteiger partial charge is 0.496 e. The van der Waals surface area contributed by atoms with Gasteiger partial charge < -0.3 is 4.74 Å². The van der Waals surface area contributed by atoms with Crippen LogP contribution in [0.1, 0.15) is 43.7 Å². The second-order valence-electron chi connectivity index (χ2n) is 4.92. The first-order valence-corrected chi connectivity index (χ1v) is 7.12. The highest BCUT2D eigenvalue weighted by molar-refractivity contribution is 6.31. The SMILES string of the molecule is COc1cccc(Cl)c1C(C#N)NC1CCCCC1. The van der Waals surface area contributed by atoms with Gasteiger partial charge in [0.05, 0.1) is 18.2 Å². The number of hydrogen-bond donors (Lipinski definition) is 1. The first-order valence-electron chi connectivity index (χ1n) is 6.74. The molecule has 0 bridgehead atoms. The lowest BCUT2D eigenvalue weighted by atomic mass is 9.94. The molecule has 19 heavy (non-hydrogen) atoms. The molecule has 1 aliphatic carbocycles. The molecule has 0 saturated heterocycles. The lowest BCUT2D eigenvalue weighted by Crippen LogP contribution is -2.34. The van der Waals surface area contributed by atoms with E-state index in [4.69, 9.17) is 16.3 Å². The topological polar surface area (TPSA) is 45.0 Å². The molecule has 1 fully saturated rings. The first-order chi connectivity index (χ1) is 9.26. The summed E-state index contributed by atoms with van der Waals surface area (Å²) in [6.07, 6.45) is 6.02. The van der Waals surface area contributed by atoms with Gasteiger partial charge in [0.1, 0.15) is 11.8 Å². The third kappa shape index (κ3) is 3.40. The molecule has 1 saturated carbocycles. The molecule has 0 aromatic heterocycles. The van der Waals surface area contributed by atoms with Crippen LogP contribution in [0.4, 0.5) is 0 Å². The first kappa shape index (κ1) is 14.2. The molecule has 1 aromatic rings. The summed E-state index contributed by atoms with van der Waals surface area (Å²) in [6, 6.07) is 7.77. The van der Waals surface area contributed by atoms with Crippen molar-refractivity contribution in [3.05, 3.63) is 28.8 Å². The van der Waals surface area contributed by atoms with Crippen molar-refractivity contribution in [3.63, 3.8) is 0 Å². The van der Waals surface area contributed by atoms with Crippen molar-refractivity contribution < 1.29 is 4.74 Å². The van der Waals surface area contributed by atoms with E-state index in [2.05, 4.69) is 11.4 Å². The quantitative estimate of drug-likeness (QED) is 0.910. The van der Waals surface area contributed by atoms with E-state index in [0.717, 1.165) is 18.4 Å². The van der Waals surface area contributed by atoms with Crippen LogP contribution in [-0.2, 0) is 0 Å². The van der Waals surface area contributed by atoms with E-state index in [1.807, 2.05) is 12.1 Å². The van der Waals surface area contributed by atoms with Crippen molar-refractivity contribution in [1.82, 2.24) is 5.32 Å². The van der Waals surface area contributed by atoms with Crippen LogP contribution in [-0.4, -0.2) is 13.2 Å². The Morgan fingerprint density at radius 3 is 2.74 bits per heavy atom. The fraction of sp³-hybridized carbons (Fsp3) is 0.533. The van der Waals surface area contributed by atoms with E-state index in [9.17, 15) is 5.26 Å². The Morgan fingerprint density at radius 1 is 1.37 bits per heavy atom. The minimum absolute atomic E-state index is 0.402. The van der Waals surface area contributed by atoms with Crippen molar-refractivity contribution >= 4 is 11.6 Å². The van der Waals surface area contributed by atoms with Crippen LogP contribution in [0.5, 0.6) is 5.75 Å². The zero-order valence-corrected chi connectivity index (χ0v) is 11.9. The van der Waals surface area contributed by atoms with Crippen molar-refractivity contribution in [2.24, 2.45) is 0 Å². The number of nitriles is 1. The number of hydrogen-bond acceptors (Lipinski definition) is 3. The van der Waals surface area contributed by atoms with Crippen LogP contribution in [0, 0.1) is 11.3 Å². The Labute approximate surface area is 119 Å². The summed E-state index contributed by atoms with van der Waals surface area (Å²) >= 11 is 6.23. The molecule has 1 aromatic carbocycles. The smallest absolute Gasteiger partial charge is 0.126 e. The maximum absolute atomic E-state index is 9.43. The Hall–Kier alpha value is -1.24. The van der Waals surface area contributed by atoms with Gasteiger partial charge in [0.15, 0.2) is 0 Å². The average Bonchev–Trinajstić information content (AvgIpc) is 2.46. The van der Waals surface area contributed by atoms with Gasteiger partial charge in [-0.3, -0.25) is 5.32 Å². The molecule has 1 N–H and O–H groups in total. The van der Waals surface area contributed by atoms with E-state index in [1.54, 1.807) is 13.2 Å². The van der Waals surface area contributed by atoms with Crippen LogP contribution in [0.2, 0.25) is 5.02 Å². The number of methoxy groups -OCH3 is 1. The van der Waals surface area contributed by atoms with Gasteiger partial charge in [-0.1, -0.05) is 36.9 Å². The molecule has 0 aliphatic heterocycles. The fourth-order valence-corrected chi connectivity index (χ4v) is 2.94. The van der Waals surface area contributed by atoms with Crippen molar-refractivity contribution in [1.29, 1.82) is 5.26 Å². The van der Waals surface area contributed by atoms with Crippen molar-refractivity contribution in [2.75, 3.05) is 7.11 Å². The van der Waals surface area contributed by atoms with Gasteiger partial charge in [0, 0.05) is 11.6 Å². The highest BCUT2D eigenvalue weighted by Gasteiger charge is 2.23. The minimum Gasteiger partial charge on any atom is -0.496 e. The summed E-state index contributed by atoms with van der Waals surface area (Å²) in [5.41, 5.74) is 0.750. The van der Waals surface area contributed by atoms with E-state index in [-0.39, 0.29) is 0 Å². The van der Waals surface area contributed by atoms with Crippen molar-refractivity contribution in [3.8, 4) is 11.8 Å². The van der Waals surface area contributed by atoms with Crippen LogP contribution in [0.3, 0.4) is 0 Å². The maximum Gasteiger partial charge on any atom is 0.126 e. The highest BCUT2D eigenvalue weighted by atomic mass is 35.5. The molecule has 0 spiro atoms. The summed E-state index contributed by atoms with van der Waals surface area (Å²) in [5, 5.41) is 13.4. The summed E-state index contributed by atoms with van der Waals surface area (Å²) in [7, 11) is 1.60. The molecule has 1 unspecified atom stereocenters. The highest BCUT2D eigenvalue weighted by Crippen LogP contribution is 2.33. The van der Waals surface area contributed by atoms with Gasteiger partial charge in [0.2, 0.25) is 0 Å². The van der Waals surface area contributed by atoms with E-state index in [1.165, 1.54) is 19.3 Å². The fourth-order valence-electron chi connectivity index (χ4n) is 2.67. The van der Waals surface area contributed by atoms with Gasteiger partial charge in [-0.2, -0.15) is 5.26 Å². The molecule has 1 aliphatic rings. The van der Waals surface area contributed by atoms with Crippen LogP contribution in [0.15, 0.2) is 18.2 Å². The summed E-state index contributed by atoms with van der Waals surface area (Å²) < 4.78 is 5.32. The van der Waals surface area contributed by atoms with Crippen LogP contribution < -0.4 is 10.1 Å². The lowest BCUT2D eigenvalue weighted by molar-refractivity contribution is 0.352. The number of benzene rings is 1. The number of nitrogens with zero attached hydrogens (tertiary/aromatic N) is 1. The zero-order chi connectivity index (χ0) is 13.7. The van der Waals surface area contributed by atoms with Gasteiger partial charge in [-0.25, -0.2) is 0 Å². The number of halogens is 1. The Kier molecular flexibility index (Phi) is 5.07. The summed E-state index contributed by atoms with van der Waals surface area (Å²) in [4.78, 5) is 0. The predicted molar refractivity (Wildman–Crippen MR) is 76.4 cm³/mol. The number of rotatable bonds is 4. The van der Waals surface area contributed by atoms with E-state index in [0.29, 0.717) is 16.8 Å². The minimum atomic E-state index is -0.410. The monoisotopic (exact) mass is 278 g/mol. The third-order valence-corrected chi connectivity index (χ3v) is 3.99. The maximum atomic E-state index is 9.43. The molecule has 0 heterocycles. The third-order valence-electron chi connectivity index (χ3n) is 3.66. The summed E-state index contributed by atoms with van der Waals surface area (Å²) in [5.74, 6) is 0.669. The molecule has 3 nitrogen and oxygen atoms in total. The van der Waals surface area contributed by atoms with E-state index >= 15 is 0 Å². The molecule has 102 valence electrons. The lowest BCUT2D eigenvalue weighted by Gasteiger charge is -2.26. The Bertz CT molecular complexity index is 464. The van der Waals surface area contributed by atoms with Gasteiger partial charge in [-0.15, -0.1) is 0 Å². The average molecular weight is 279 g/mol. The van der Waals surface area contributed by atoms with Crippen LogP contribution >= 0.6 is 11.6 Å². The summed E-state index contributed by atoms with van der Waals surface area (Å²) in [6.45, 7) is 0. The molecular weight excluding hydrogens is 260 g/mol. The van der Waals surface area contributed by atoms with Gasteiger partial charge in [-0.05, 0) is 25.0 Å². The van der Waals surface area contributed by atoms with Crippen LogP contribution in [0.25, 0.3) is 0 Å². The normalized spacial score (nSPS) is 17.7. The van der Waals surface area contributed by atoms with Crippen molar-refractivity contribution in [2.45, 2.75) is 44.2 Å². The molecule has 0 amide bonds. The molecular formula is C15H19ClN2O. The molecule has 0 radical (unpaired) electrons. The Balaban J connectivity index is 2.19. The predicted octanol–water partition coefficient (Wildman–Crippen LogP) is 3.84. The standard InChI is InChI=1S/C15H19ClN2O/c1-19-14-9-5-8-12(16)15(14)13(10-17)18-11-6-3-2-4-7-11/h5,8-9,11,13,18H,2-4,6-7H2,1H3. The second kappa shape index (κ2) is 6.79. The van der Waals surface area contributed by atoms with Gasteiger partial charge >= 0.3 is 0 Å². The molecule has 1 atom stereocenters. The second-order valence-corrected chi connectivity index (χ2v) is 5.33. The Morgan fingerprint density at radius 2 is 2.11 bits per heavy atom. The van der Waals surface area contributed by atoms with Gasteiger partial charge in [0.25, 0.3) is 0 Å². The van der Waals surface area contributed by atoms with E-state index < -0.39 is 6.04 Å². The molecule has 4 heteroatoms. The number of nitrogens with one attached hydrogen (secondary N) is 1. The molecule has 2 rings (SSSR count). The zero-order valence-electron chi connectivity index (χ0n) is 11.2. The number of ether oxygens (including phenoxy) is 1.